The van der Waals surface area contributed by atoms with E-state index in [-0.39, 0.29) is 18.4 Å². The van der Waals surface area contributed by atoms with E-state index in [0.29, 0.717) is 11.3 Å². The Labute approximate surface area is 129 Å². The number of likely N-dealkylation sites (N-methyl/N-ethyl adjacent to an activating group) is 1. The summed E-state index contributed by atoms with van der Waals surface area (Å²) in [5, 5.41) is 5.52. The molecular weight excluding hydrogens is 278 g/mol. The fourth-order valence-corrected chi connectivity index (χ4v) is 2.02. The summed E-state index contributed by atoms with van der Waals surface area (Å²) in [5.74, 6) is -0.220. The largest absolute Gasteiger partial charge is 0.325 e. The molecule has 0 fully saturated rings. The molecule has 5 nitrogen and oxygen atoms in total. The zero-order chi connectivity index (χ0) is 15.9. The van der Waals surface area contributed by atoms with E-state index in [0.717, 1.165) is 5.69 Å². The number of amides is 2. The second-order valence-corrected chi connectivity index (χ2v) is 4.86. The van der Waals surface area contributed by atoms with Gasteiger partial charge in [-0.3, -0.25) is 9.59 Å². The highest BCUT2D eigenvalue weighted by Gasteiger charge is 2.13. The maximum absolute atomic E-state index is 12.4. The lowest BCUT2D eigenvalue weighted by atomic mass is 10.1. The molecule has 0 heterocycles. The van der Waals surface area contributed by atoms with Crippen molar-refractivity contribution in [2.75, 3.05) is 30.9 Å². The maximum atomic E-state index is 12.4. The van der Waals surface area contributed by atoms with Crippen LogP contribution >= 0.6 is 0 Å². The lowest BCUT2D eigenvalue weighted by Gasteiger charge is -2.17. The minimum Gasteiger partial charge on any atom is -0.325 e. The number of benzene rings is 2. The van der Waals surface area contributed by atoms with Crippen molar-refractivity contribution >= 4 is 23.2 Å². The van der Waals surface area contributed by atoms with Gasteiger partial charge in [-0.2, -0.15) is 0 Å². The molecule has 2 aromatic rings. The van der Waals surface area contributed by atoms with E-state index in [4.69, 9.17) is 0 Å². The molecule has 0 radical (unpaired) electrons. The predicted molar refractivity (Wildman–Crippen MR) is 88.2 cm³/mol. The number of rotatable bonds is 5. The molecule has 0 saturated heterocycles. The molecule has 0 aliphatic carbocycles. The highest BCUT2D eigenvalue weighted by molar-refractivity contribution is 6.06. The molecule has 114 valence electrons. The summed E-state index contributed by atoms with van der Waals surface area (Å²) in [5.41, 5.74) is 2.07. The van der Waals surface area contributed by atoms with E-state index in [1.807, 2.05) is 30.3 Å². The first-order chi connectivity index (χ1) is 10.6. The van der Waals surface area contributed by atoms with E-state index in [9.17, 15) is 9.59 Å². The van der Waals surface area contributed by atoms with Crippen molar-refractivity contribution in [1.29, 1.82) is 0 Å². The highest BCUT2D eigenvalue weighted by atomic mass is 16.2. The number of nitrogens with zero attached hydrogens (tertiary/aromatic N) is 1. The van der Waals surface area contributed by atoms with Crippen molar-refractivity contribution in [3.05, 3.63) is 60.2 Å². The van der Waals surface area contributed by atoms with Gasteiger partial charge < -0.3 is 15.5 Å². The maximum Gasteiger partial charge on any atom is 0.258 e. The quantitative estimate of drug-likeness (QED) is 0.888. The van der Waals surface area contributed by atoms with Crippen LogP contribution in [0.15, 0.2) is 54.6 Å². The van der Waals surface area contributed by atoms with Crippen molar-refractivity contribution in [3.8, 4) is 0 Å². The van der Waals surface area contributed by atoms with Crippen LogP contribution < -0.4 is 15.5 Å². The first-order valence-corrected chi connectivity index (χ1v) is 6.99. The third kappa shape index (κ3) is 3.93. The van der Waals surface area contributed by atoms with Crippen molar-refractivity contribution in [2.45, 2.75) is 0 Å². The molecule has 0 spiro atoms. The minimum atomic E-state index is -0.122. The molecule has 0 saturated carbocycles. The first-order valence-electron chi connectivity index (χ1n) is 6.99. The van der Waals surface area contributed by atoms with Gasteiger partial charge in [0.05, 0.1) is 6.54 Å². The summed E-state index contributed by atoms with van der Waals surface area (Å²) in [7, 11) is 3.45. The van der Waals surface area contributed by atoms with E-state index >= 15 is 0 Å². The van der Waals surface area contributed by atoms with Crippen LogP contribution in [0.4, 0.5) is 11.4 Å². The van der Waals surface area contributed by atoms with E-state index < -0.39 is 0 Å². The molecule has 0 bridgehead atoms. The molecular formula is C17H19N3O2. The minimum absolute atomic E-state index is 0.0979. The zero-order valence-electron chi connectivity index (χ0n) is 12.7. The molecule has 2 amide bonds. The average molecular weight is 297 g/mol. The van der Waals surface area contributed by atoms with Crippen molar-refractivity contribution in [3.63, 3.8) is 0 Å². The molecule has 0 aliphatic heterocycles. The van der Waals surface area contributed by atoms with Gasteiger partial charge in [0.15, 0.2) is 0 Å². The van der Waals surface area contributed by atoms with Crippen molar-refractivity contribution in [1.82, 2.24) is 5.32 Å². The third-order valence-corrected chi connectivity index (χ3v) is 3.20. The van der Waals surface area contributed by atoms with Gasteiger partial charge in [-0.05, 0) is 43.4 Å². The van der Waals surface area contributed by atoms with Crippen LogP contribution in [0.3, 0.4) is 0 Å². The van der Waals surface area contributed by atoms with Crippen LogP contribution in [-0.4, -0.2) is 32.5 Å². The standard InChI is InChI=1S/C17H19N3O2/c1-18-12-16(21)19-14-10-8-13(9-11-14)17(22)20(2)15-6-4-3-5-7-15/h3-11,18H,12H2,1-2H3,(H,19,21). The number of anilines is 2. The van der Waals surface area contributed by atoms with Gasteiger partial charge in [-0.25, -0.2) is 0 Å². The molecule has 0 atom stereocenters. The fraction of sp³-hybridized carbons (Fsp3) is 0.176. The Bertz CT molecular complexity index is 639. The van der Waals surface area contributed by atoms with Crippen molar-refractivity contribution < 1.29 is 9.59 Å². The number of hydrogen-bond acceptors (Lipinski definition) is 3. The van der Waals surface area contributed by atoms with Gasteiger partial charge in [-0.1, -0.05) is 18.2 Å². The summed E-state index contributed by atoms with van der Waals surface area (Å²) >= 11 is 0. The van der Waals surface area contributed by atoms with Crippen LogP contribution in [0.2, 0.25) is 0 Å². The monoisotopic (exact) mass is 297 g/mol. The summed E-state index contributed by atoms with van der Waals surface area (Å²) in [6.45, 7) is 0.247. The molecule has 5 heteroatoms. The summed E-state index contributed by atoms with van der Waals surface area (Å²) in [6, 6.07) is 16.3. The van der Waals surface area contributed by atoms with Gasteiger partial charge in [0.25, 0.3) is 5.91 Å². The first kappa shape index (κ1) is 15.7. The smallest absolute Gasteiger partial charge is 0.258 e. The lowest BCUT2D eigenvalue weighted by molar-refractivity contribution is -0.115. The van der Waals surface area contributed by atoms with Crippen LogP contribution in [0.5, 0.6) is 0 Å². The molecule has 2 rings (SSSR count). The lowest BCUT2D eigenvalue weighted by Crippen LogP contribution is -2.26. The summed E-state index contributed by atoms with van der Waals surface area (Å²) in [6.07, 6.45) is 0. The predicted octanol–water partition coefficient (Wildman–Crippen LogP) is 2.12. The second-order valence-electron chi connectivity index (χ2n) is 4.86. The van der Waals surface area contributed by atoms with Crippen LogP contribution in [0, 0.1) is 0 Å². The van der Waals surface area contributed by atoms with Crippen molar-refractivity contribution in [2.24, 2.45) is 0 Å². The molecule has 0 unspecified atom stereocenters. The van der Waals surface area contributed by atoms with Crippen LogP contribution in [0.25, 0.3) is 0 Å². The number of nitrogens with one attached hydrogen (secondary N) is 2. The van der Waals surface area contributed by atoms with Gasteiger partial charge in [0.1, 0.15) is 0 Å². The summed E-state index contributed by atoms with van der Waals surface area (Å²) < 4.78 is 0. The number of para-hydroxylation sites is 1. The van der Waals surface area contributed by atoms with Gasteiger partial charge in [-0.15, -0.1) is 0 Å². The SMILES string of the molecule is CNCC(=O)Nc1ccc(C(=O)N(C)c2ccccc2)cc1. The zero-order valence-corrected chi connectivity index (χ0v) is 12.7. The van der Waals surface area contributed by atoms with Crippen LogP contribution in [0.1, 0.15) is 10.4 Å². The molecule has 2 N–H and O–H groups in total. The third-order valence-electron chi connectivity index (χ3n) is 3.20. The van der Waals surface area contributed by atoms with E-state index in [1.54, 1.807) is 43.3 Å². The Hall–Kier alpha value is -2.66. The van der Waals surface area contributed by atoms with Gasteiger partial charge >= 0.3 is 0 Å². The molecule has 0 aliphatic rings. The van der Waals surface area contributed by atoms with Gasteiger partial charge in [0, 0.05) is 24.0 Å². The highest BCUT2D eigenvalue weighted by Crippen LogP contribution is 2.16. The normalized spacial score (nSPS) is 10.1. The molecule has 22 heavy (non-hydrogen) atoms. The molecule has 2 aromatic carbocycles. The molecule has 0 aromatic heterocycles. The van der Waals surface area contributed by atoms with Gasteiger partial charge in [0.2, 0.25) is 5.91 Å². The van der Waals surface area contributed by atoms with E-state index in [2.05, 4.69) is 10.6 Å². The Balaban J connectivity index is 2.06. The average Bonchev–Trinajstić information content (AvgIpc) is 2.55. The Morgan fingerprint density at radius 3 is 2.23 bits per heavy atom. The van der Waals surface area contributed by atoms with Crippen LogP contribution in [-0.2, 0) is 4.79 Å². The second kappa shape index (κ2) is 7.38. The summed E-state index contributed by atoms with van der Waals surface area (Å²) in [4.78, 5) is 25.5. The number of carbonyl (C=O) groups excluding carboxylic acids is 2. The Kier molecular flexibility index (Phi) is 5.27. The number of carbonyl (C=O) groups is 2. The number of hydrogen-bond donors (Lipinski definition) is 2. The topological polar surface area (TPSA) is 61.4 Å². The Morgan fingerprint density at radius 1 is 1.00 bits per heavy atom. The Morgan fingerprint density at radius 2 is 1.64 bits per heavy atom. The fourth-order valence-electron chi connectivity index (χ4n) is 2.02. The van der Waals surface area contributed by atoms with E-state index in [1.165, 1.54) is 0 Å².